The summed E-state index contributed by atoms with van der Waals surface area (Å²) in [5.74, 6) is -0.897. The van der Waals surface area contributed by atoms with E-state index in [0.29, 0.717) is 6.08 Å². The Morgan fingerprint density at radius 2 is 1.80 bits per heavy atom. The van der Waals surface area contributed by atoms with Crippen LogP contribution in [0.1, 0.15) is 38.7 Å². The first kappa shape index (κ1) is 27.2. The van der Waals surface area contributed by atoms with Crippen molar-refractivity contribution in [2.24, 2.45) is 11.1 Å². The van der Waals surface area contributed by atoms with Crippen LogP contribution < -0.4 is 11.1 Å². The standard InChI is InChI=1S/C24H28F6N2O3/c1-15(16-10-18(23(25,26)27)12-20(2,11-16)24(28,29)30)35-14-21(17-6-4-3-5-7-17)8-9-22(34,13-32-21)19(31)33/h3-7,10,12,15,32,34H,8-9,11,13-14H2,1-2H3,(H2,31,33)/t15?,20?,21-,22?/m1/s1. The fourth-order valence-electron chi connectivity index (χ4n) is 4.42. The molecule has 4 N–H and O–H groups in total. The van der Waals surface area contributed by atoms with E-state index in [1.807, 2.05) is 0 Å². The van der Waals surface area contributed by atoms with E-state index < -0.39 is 52.9 Å². The summed E-state index contributed by atoms with van der Waals surface area (Å²) < 4.78 is 87.1. The molecule has 1 saturated heterocycles. The molecule has 0 saturated carbocycles. The average Bonchev–Trinajstić information content (AvgIpc) is 2.77. The molecule has 0 aromatic heterocycles. The van der Waals surface area contributed by atoms with Crippen molar-refractivity contribution in [1.82, 2.24) is 5.32 Å². The van der Waals surface area contributed by atoms with Crippen LogP contribution in [0.4, 0.5) is 26.3 Å². The molecule has 11 heteroatoms. The Kier molecular flexibility index (Phi) is 7.20. The molecule has 5 nitrogen and oxygen atoms in total. The van der Waals surface area contributed by atoms with E-state index in [1.165, 1.54) is 6.92 Å². The Balaban J connectivity index is 1.86. The van der Waals surface area contributed by atoms with Crippen LogP contribution in [-0.4, -0.2) is 48.2 Å². The lowest BCUT2D eigenvalue weighted by atomic mass is 9.75. The van der Waals surface area contributed by atoms with Crippen LogP contribution in [0.25, 0.3) is 0 Å². The zero-order valence-corrected chi connectivity index (χ0v) is 19.3. The number of amides is 1. The van der Waals surface area contributed by atoms with Crippen LogP contribution in [-0.2, 0) is 15.1 Å². The second kappa shape index (κ2) is 9.25. The van der Waals surface area contributed by atoms with Gasteiger partial charge in [0.1, 0.15) is 0 Å². The monoisotopic (exact) mass is 506 g/mol. The summed E-state index contributed by atoms with van der Waals surface area (Å²) in [5.41, 5.74) is -0.889. The number of halogens is 6. The molecule has 1 aromatic rings. The summed E-state index contributed by atoms with van der Waals surface area (Å²) in [6.07, 6.45) is -10.5. The van der Waals surface area contributed by atoms with Gasteiger partial charge in [-0.2, -0.15) is 26.3 Å². The number of hydrogen-bond donors (Lipinski definition) is 3. The number of aliphatic hydroxyl groups is 1. The third kappa shape index (κ3) is 5.57. The van der Waals surface area contributed by atoms with Crippen molar-refractivity contribution in [2.45, 2.75) is 62.7 Å². The first-order valence-corrected chi connectivity index (χ1v) is 11.0. The Morgan fingerprint density at radius 1 is 1.17 bits per heavy atom. The highest BCUT2D eigenvalue weighted by molar-refractivity contribution is 5.83. The minimum Gasteiger partial charge on any atom is -0.379 e. The van der Waals surface area contributed by atoms with Gasteiger partial charge in [-0.15, -0.1) is 0 Å². The van der Waals surface area contributed by atoms with Gasteiger partial charge in [-0.3, -0.25) is 4.79 Å². The highest BCUT2D eigenvalue weighted by Gasteiger charge is 2.53. The number of allylic oxidation sites excluding steroid dienone is 3. The smallest absolute Gasteiger partial charge is 0.379 e. The SMILES string of the molecule is CC(OC[C@@]1(c2ccccc2)CCC(O)(C(N)=O)CN1)C1=CC(C(F)(F)F)=CC(C)(C(F)(F)F)C1. The first-order chi connectivity index (χ1) is 16.0. The molecule has 3 unspecified atom stereocenters. The number of ether oxygens (including phenoxy) is 1. The van der Waals surface area contributed by atoms with Crippen molar-refractivity contribution in [3.63, 3.8) is 0 Å². The molecule has 3 rings (SSSR count). The second-order valence-corrected chi connectivity index (χ2v) is 9.56. The van der Waals surface area contributed by atoms with E-state index in [0.717, 1.165) is 12.5 Å². The zero-order chi connectivity index (χ0) is 26.3. The van der Waals surface area contributed by atoms with E-state index in [4.69, 9.17) is 10.5 Å². The number of nitrogens with two attached hydrogens (primary N) is 1. The molecule has 1 aliphatic heterocycles. The van der Waals surface area contributed by atoms with E-state index in [1.54, 1.807) is 30.3 Å². The van der Waals surface area contributed by atoms with E-state index in [2.05, 4.69) is 5.32 Å². The van der Waals surface area contributed by atoms with Crippen LogP contribution in [0.15, 0.2) is 53.6 Å². The predicted molar refractivity (Wildman–Crippen MR) is 116 cm³/mol. The first-order valence-electron chi connectivity index (χ1n) is 11.0. The normalized spacial score (nSPS) is 30.9. The third-order valence-electron chi connectivity index (χ3n) is 6.93. The molecular weight excluding hydrogens is 478 g/mol. The van der Waals surface area contributed by atoms with Crippen molar-refractivity contribution in [2.75, 3.05) is 13.2 Å². The van der Waals surface area contributed by atoms with Crippen LogP contribution in [0.2, 0.25) is 0 Å². The predicted octanol–water partition coefficient (Wildman–Crippen LogP) is 4.27. The number of primary amides is 1. The van der Waals surface area contributed by atoms with Gasteiger partial charge in [0.25, 0.3) is 5.91 Å². The molecule has 1 amide bonds. The Hall–Kier alpha value is -2.37. The maximum absolute atomic E-state index is 13.7. The van der Waals surface area contributed by atoms with Gasteiger partial charge in [0.05, 0.1) is 29.2 Å². The fourth-order valence-corrected chi connectivity index (χ4v) is 4.42. The van der Waals surface area contributed by atoms with Crippen molar-refractivity contribution < 1.29 is 41.0 Å². The highest BCUT2D eigenvalue weighted by atomic mass is 19.4. The minimum absolute atomic E-state index is 0.00221. The topological polar surface area (TPSA) is 84.6 Å². The number of alkyl halides is 6. The molecule has 0 radical (unpaired) electrons. The molecule has 2 aliphatic rings. The summed E-state index contributed by atoms with van der Waals surface area (Å²) in [4.78, 5) is 11.7. The quantitative estimate of drug-likeness (QED) is 0.503. The Labute approximate surface area is 199 Å². The summed E-state index contributed by atoms with van der Waals surface area (Å²) in [6, 6.07) is 8.85. The minimum atomic E-state index is -4.95. The molecule has 1 heterocycles. The van der Waals surface area contributed by atoms with Crippen LogP contribution in [0.5, 0.6) is 0 Å². The lowest BCUT2D eigenvalue weighted by Gasteiger charge is -2.44. The maximum Gasteiger partial charge on any atom is 0.416 e. The molecule has 194 valence electrons. The molecule has 35 heavy (non-hydrogen) atoms. The van der Waals surface area contributed by atoms with Crippen molar-refractivity contribution in [3.8, 4) is 0 Å². The van der Waals surface area contributed by atoms with Gasteiger partial charge >= 0.3 is 12.4 Å². The van der Waals surface area contributed by atoms with Gasteiger partial charge in [0.15, 0.2) is 5.60 Å². The Morgan fingerprint density at radius 3 is 2.29 bits per heavy atom. The highest BCUT2D eigenvalue weighted by Crippen LogP contribution is 2.50. The number of rotatable bonds is 6. The zero-order valence-electron chi connectivity index (χ0n) is 19.3. The summed E-state index contributed by atoms with van der Waals surface area (Å²) in [5, 5.41) is 13.5. The lowest BCUT2D eigenvalue weighted by molar-refractivity contribution is -0.202. The fraction of sp³-hybridized carbons (Fsp3) is 0.542. The molecular formula is C24H28F6N2O3. The molecule has 0 bridgehead atoms. The van der Waals surface area contributed by atoms with Crippen LogP contribution >= 0.6 is 0 Å². The summed E-state index contributed by atoms with van der Waals surface area (Å²) in [6.45, 7) is 1.82. The number of β-amino-alcohol motifs (C(OH)–C–C–N with tert-alkyl or cyclic N) is 1. The number of hydrogen-bond acceptors (Lipinski definition) is 4. The van der Waals surface area contributed by atoms with Crippen LogP contribution in [0, 0.1) is 5.41 Å². The second-order valence-electron chi connectivity index (χ2n) is 9.56. The Bertz CT molecular complexity index is 995. The van der Waals surface area contributed by atoms with Gasteiger partial charge in [0, 0.05) is 6.54 Å². The summed E-state index contributed by atoms with van der Waals surface area (Å²) >= 11 is 0. The number of piperidine rings is 1. The van der Waals surface area contributed by atoms with Gasteiger partial charge in [-0.1, -0.05) is 36.4 Å². The van der Waals surface area contributed by atoms with Gasteiger partial charge in [-0.25, -0.2) is 0 Å². The van der Waals surface area contributed by atoms with Gasteiger partial charge in [-0.05, 0) is 50.3 Å². The van der Waals surface area contributed by atoms with Gasteiger partial charge < -0.3 is 20.9 Å². The van der Waals surface area contributed by atoms with Gasteiger partial charge in [0.2, 0.25) is 0 Å². The van der Waals surface area contributed by atoms with Crippen molar-refractivity contribution in [1.29, 1.82) is 0 Å². The summed E-state index contributed by atoms with van der Waals surface area (Å²) in [7, 11) is 0. The van der Waals surface area contributed by atoms with E-state index in [-0.39, 0.29) is 37.6 Å². The van der Waals surface area contributed by atoms with Crippen LogP contribution in [0.3, 0.4) is 0 Å². The largest absolute Gasteiger partial charge is 0.416 e. The third-order valence-corrected chi connectivity index (χ3v) is 6.93. The number of carbonyl (C=O) groups excluding carboxylic acids is 1. The molecule has 0 spiro atoms. The van der Waals surface area contributed by atoms with E-state index >= 15 is 0 Å². The van der Waals surface area contributed by atoms with Crippen molar-refractivity contribution >= 4 is 5.91 Å². The number of benzene rings is 1. The number of nitrogens with one attached hydrogen (secondary N) is 1. The molecule has 4 atom stereocenters. The van der Waals surface area contributed by atoms with E-state index in [9.17, 15) is 36.2 Å². The lowest BCUT2D eigenvalue weighted by Crippen LogP contribution is -2.62. The maximum atomic E-state index is 13.7. The molecule has 1 fully saturated rings. The average molecular weight is 506 g/mol. The molecule has 1 aliphatic carbocycles. The number of carbonyl (C=O) groups is 1. The molecule has 1 aromatic carbocycles. The van der Waals surface area contributed by atoms with Crippen molar-refractivity contribution in [3.05, 3.63) is 59.2 Å².